The Balaban J connectivity index is 2.23. The maximum atomic E-state index is 11.5. The zero-order valence-electron chi connectivity index (χ0n) is 8.49. The van der Waals surface area contributed by atoms with E-state index in [1.165, 1.54) is 0 Å². The van der Waals surface area contributed by atoms with Crippen LogP contribution in [0.5, 0.6) is 0 Å². The number of H-pyrrole nitrogens is 1. The summed E-state index contributed by atoms with van der Waals surface area (Å²) in [4.78, 5) is 11.5. The fourth-order valence-corrected chi connectivity index (χ4v) is 1.34. The van der Waals surface area contributed by atoms with Crippen LogP contribution in [-0.2, 0) is 4.74 Å². The summed E-state index contributed by atoms with van der Waals surface area (Å²) in [5.74, 6) is -0.284. The van der Waals surface area contributed by atoms with Gasteiger partial charge in [0.15, 0.2) is 0 Å². The molecule has 2 rings (SSSR count). The summed E-state index contributed by atoms with van der Waals surface area (Å²) in [5.41, 5.74) is 1.40. The second-order valence-corrected chi connectivity index (χ2v) is 3.31. The maximum Gasteiger partial charge on any atom is 0.338 e. The van der Waals surface area contributed by atoms with Gasteiger partial charge >= 0.3 is 5.97 Å². The minimum Gasteiger partial charge on any atom is -0.462 e. The number of carbonyl (C=O) groups is 1. The van der Waals surface area contributed by atoms with Crippen LogP contribution in [0.1, 0.15) is 23.7 Å². The van der Waals surface area contributed by atoms with Crippen LogP contribution in [0.4, 0.5) is 0 Å². The zero-order chi connectivity index (χ0) is 10.7. The minimum absolute atomic E-state index is 0.284. The van der Waals surface area contributed by atoms with Crippen LogP contribution < -0.4 is 0 Å². The van der Waals surface area contributed by atoms with Crippen LogP contribution in [0.3, 0.4) is 0 Å². The average molecular weight is 204 g/mol. The second-order valence-electron chi connectivity index (χ2n) is 3.31. The van der Waals surface area contributed by atoms with E-state index < -0.39 is 0 Å². The van der Waals surface area contributed by atoms with Gasteiger partial charge in [0.1, 0.15) is 0 Å². The normalized spacial score (nSPS) is 10.5. The van der Waals surface area contributed by atoms with Gasteiger partial charge in [-0.3, -0.25) is 5.10 Å². The largest absolute Gasteiger partial charge is 0.462 e. The molecule has 0 amide bonds. The van der Waals surface area contributed by atoms with Crippen LogP contribution >= 0.6 is 0 Å². The quantitative estimate of drug-likeness (QED) is 0.779. The molecule has 0 saturated carbocycles. The number of aromatic amines is 1. The molecule has 1 aromatic carbocycles. The Hall–Kier alpha value is -1.84. The van der Waals surface area contributed by atoms with E-state index >= 15 is 0 Å². The fourth-order valence-electron chi connectivity index (χ4n) is 1.34. The molecule has 0 unspecified atom stereocenters. The first kappa shape index (κ1) is 9.71. The molecule has 1 N–H and O–H groups in total. The minimum atomic E-state index is -0.284. The van der Waals surface area contributed by atoms with E-state index in [9.17, 15) is 4.79 Å². The highest BCUT2D eigenvalue weighted by Crippen LogP contribution is 2.13. The highest BCUT2D eigenvalue weighted by molar-refractivity contribution is 5.94. The molecule has 0 spiro atoms. The molecule has 0 bridgehead atoms. The van der Waals surface area contributed by atoms with Gasteiger partial charge in [-0.1, -0.05) is 13.0 Å². The number of carbonyl (C=O) groups excluding carboxylic acids is 1. The number of hydrogen-bond acceptors (Lipinski definition) is 3. The van der Waals surface area contributed by atoms with E-state index in [1.807, 2.05) is 13.0 Å². The van der Waals surface area contributed by atoms with Gasteiger partial charge in [0.25, 0.3) is 0 Å². The first-order valence-corrected chi connectivity index (χ1v) is 4.91. The number of hydrogen-bond donors (Lipinski definition) is 1. The second kappa shape index (κ2) is 4.13. The number of nitrogens with zero attached hydrogens (tertiary/aromatic N) is 1. The van der Waals surface area contributed by atoms with Crippen LogP contribution in [0.25, 0.3) is 10.9 Å². The van der Waals surface area contributed by atoms with E-state index in [0.29, 0.717) is 12.2 Å². The molecule has 1 heterocycles. The smallest absolute Gasteiger partial charge is 0.338 e. The third-order valence-electron chi connectivity index (χ3n) is 2.11. The van der Waals surface area contributed by atoms with E-state index in [0.717, 1.165) is 17.3 Å². The molecule has 15 heavy (non-hydrogen) atoms. The molecule has 0 aliphatic heterocycles. The van der Waals surface area contributed by atoms with Gasteiger partial charge in [-0.15, -0.1) is 0 Å². The lowest BCUT2D eigenvalue weighted by Crippen LogP contribution is -2.05. The van der Waals surface area contributed by atoms with E-state index in [2.05, 4.69) is 10.2 Å². The Morgan fingerprint density at radius 1 is 1.53 bits per heavy atom. The third-order valence-corrected chi connectivity index (χ3v) is 2.11. The molecule has 0 saturated heterocycles. The van der Waals surface area contributed by atoms with Crippen LogP contribution in [0.2, 0.25) is 0 Å². The molecular weight excluding hydrogens is 192 g/mol. The van der Waals surface area contributed by atoms with Gasteiger partial charge in [-0.05, 0) is 18.6 Å². The molecular formula is C11H12N2O2. The van der Waals surface area contributed by atoms with E-state index in [1.54, 1.807) is 18.3 Å². The molecule has 0 fully saturated rings. The lowest BCUT2D eigenvalue weighted by atomic mass is 10.2. The number of fused-ring (bicyclic) bond motifs is 1. The predicted octanol–water partition coefficient (Wildman–Crippen LogP) is 2.13. The standard InChI is InChI=1S/C11H12N2O2/c1-2-5-15-11(14)8-3-4-9-7-12-13-10(9)6-8/h3-4,6-7H,2,5H2,1H3,(H,12,13). The van der Waals surface area contributed by atoms with Gasteiger partial charge < -0.3 is 4.74 Å². The highest BCUT2D eigenvalue weighted by atomic mass is 16.5. The Kier molecular flexibility index (Phi) is 2.67. The predicted molar refractivity (Wildman–Crippen MR) is 56.7 cm³/mol. The van der Waals surface area contributed by atoms with Crippen molar-refractivity contribution in [3.63, 3.8) is 0 Å². The molecule has 0 aliphatic carbocycles. The fraction of sp³-hybridized carbons (Fsp3) is 0.273. The van der Waals surface area contributed by atoms with Crippen molar-refractivity contribution >= 4 is 16.9 Å². The Morgan fingerprint density at radius 2 is 2.40 bits per heavy atom. The topological polar surface area (TPSA) is 55.0 Å². The Bertz CT molecular complexity index is 476. The molecule has 78 valence electrons. The summed E-state index contributed by atoms with van der Waals surface area (Å²) in [6, 6.07) is 5.34. The lowest BCUT2D eigenvalue weighted by molar-refractivity contribution is 0.0505. The van der Waals surface area contributed by atoms with Crippen molar-refractivity contribution < 1.29 is 9.53 Å². The Morgan fingerprint density at radius 3 is 3.20 bits per heavy atom. The van der Waals surface area contributed by atoms with Crippen molar-refractivity contribution in [2.45, 2.75) is 13.3 Å². The number of benzene rings is 1. The van der Waals surface area contributed by atoms with Gasteiger partial charge in [-0.2, -0.15) is 5.10 Å². The van der Waals surface area contributed by atoms with Gasteiger partial charge in [0.05, 0.1) is 23.9 Å². The molecule has 2 aromatic rings. The molecule has 4 heteroatoms. The van der Waals surface area contributed by atoms with Crippen LogP contribution in [0.15, 0.2) is 24.4 Å². The summed E-state index contributed by atoms with van der Waals surface area (Å²) in [6.07, 6.45) is 2.55. The van der Waals surface area contributed by atoms with Crippen molar-refractivity contribution in [3.8, 4) is 0 Å². The lowest BCUT2D eigenvalue weighted by Gasteiger charge is -2.02. The molecule has 1 aromatic heterocycles. The highest BCUT2D eigenvalue weighted by Gasteiger charge is 2.07. The van der Waals surface area contributed by atoms with Gasteiger partial charge in [0, 0.05) is 5.39 Å². The van der Waals surface area contributed by atoms with E-state index in [-0.39, 0.29) is 5.97 Å². The van der Waals surface area contributed by atoms with Gasteiger partial charge in [0.2, 0.25) is 0 Å². The maximum absolute atomic E-state index is 11.5. The first-order valence-electron chi connectivity index (χ1n) is 4.91. The van der Waals surface area contributed by atoms with Crippen molar-refractivity contribution in [1.29, 1.82) is 0 Å². The average Bonchev–Trinajstić information content (AvgIpc) is 2.72. The van der Waals surface area contributed by atoms with Gasteiger partial charge in [-0.25, -0.2) is 4.79 Å². The third kappa shape index (κ3) is 1.98. The number of aromatic nitrogens is 2. The first-order chi connectivity index (χ1) is 7.31. The summed E-state index contributed by atoms with van der Waals surface area (Å²) < 4.78 is 5.03. The van der Waals surface area contributed by atoms with Crippen LogP contribution in [-0.4, -0.2) is 22.8 Å². The zero-order valence-corrected chi connectivity index (χ0v) is 8.49. The SMILES string of the molecule is CCCOC(=O)c1ccc2cn[nH]c2c1. The monoisotopic (exact) mass is 204 g/mol. The van der Waals surface area contributed by atoms with Crippen molar-refractivity contribution in [1.82, 2.24) is 10.2 Å². The van der Waals surface area contributed by atoms with Crippen molar-refractivity contribution in [2.24, 2.45) is 0 Å². The summed E-state index contributed by atoms with van der Waals surface area (Å²) in [7, 11) is 0. The number of esters is 1. The molecule has 0 atom stereocenters. The van der Waals surface area contributed by atoms with Crippen molar-refractivity contribution in [3.05, 3.63) is 30.0 Å². The summed E-state index contributed by atoms with van der Waals surface area (Å²) in [5, 5.41) is 7.69. The van der Waals surface area contributed by atoms with Crippen molar-refractivity contribution in [2.75, 3.05) is 6.61 Å². The number of ether oxygens (including phenoxy) is 1. The van der Waals surface area contributed by atoms with E-state index in [4.69, 9.17) is 4.74 Å². The number of nitrogens with one attached hydrogen (secondary N) is 1. The molecule has 4 nitrogen and oxygen atoms in total. The summed E-state index contributed by atoms with van der Waals surface area (Å²) >= 11 is 0. The molecule has 0 radical (unpaired) electrons. The Labute approximate surface area is 87.2 Å². The molecule has 0 aliphatic rings. The van der Waals surface area contributed by atoms with Crippen LogP contribution in [0, 0.1) is 0 Å². The number of rotatable bonds is 3. The summed E-state index contributed by atoms with van der Waals surface area (Å²) in [6.45, 7) is 2.42.